The number of amides is 2. The van der Waals surface area contributed by atoms with E-state index < -0.39 is 29.1 Å². The minimum Gasteiger partial charge on any atom is -0.273 e. The fourth-order valence-corrected chi connectivity index (χ4v) is 3.73. The van der Waals surface area contributed by atoms with Gasteiger partial charge in [-0.3, -0.25) is 14.5 Å². The number of hydrogen-bond donors (Lipinski definition) is 0. The third-order valence-electron chi connectivity index (χ3n) is 3.96. The van der Waals surface area contributed by atoms with Crippen LogP contribution in [-0.4, -0.2) is 34.0 Å². The van der Waals surface area contributed by atoms with E-state index in [2.05, 4.69) is 4.98 Å². The number of carbonyl (C=O) groups is 2. The molecule has 0 bridgehead atoms. The van der Waals surface area contributed by atoms with Crippen molar-refractivity contribution in [3.05, 3.63) is 58.3 Å². The van der Waals surface area contributed by atoms with Crippen molar-refractivity contribution in [3.8, 4) is 6.07 Å². The largest absolute Gasteiger partial charge is 0.417 e. The maximum absolute atomic E-state index is 13.1. The van der Waals surface area contributed by atoms with Crippen molar-refractivity contribution >= 4 is 23.6 Å². The minimum atomic E-state index is -4.67. The van der Waals surface area contributed by atoms with E-state index in [4.69, 9.17) is 5.26 Å². The van der Waals surface area contributed by atoms with Crippen LogP contribution in [0.5, 0.6) is 0 Å². The molecule has 138 valence electrons. The van der Waals surface area contributed by atoms with E-state index >= 15 is 0 Å². The van der Waals surface area contributed by atoms with Gasteiger partial charge in [0, 0.05) is 18.0 Å². The summed E-state index contributed by atoms with van der Waals surface area (Å²) in [5, 5.41) is 9.08. The molecule has 0 fully saturated rings. The maximum atomic E-state index is 13.1. The summed E-state index contributed by atoms with van der Waals surface area (Å²) in [6.45, 7) is 1.41. The number of rotatable bonds is 4. The number of imide groups is 1. The standard InChI is InChI=1S/C18H12F3N3O2S/c1-10-8-14(18(19,20)21)13(9-22)15(23-10)27-7-6-24-16(25)11-4-2-3-5-12(11)17(24)26/h2-5,8H,6-7H2,1H3. The molecule has 5 nitrogen and oxygen atoms in total. The summed E-state index contributed by atoms with van der Waals surface area (Å²) in [5.41, 5.74) is -0.859. The average Bonchev–Trinajstić information content (AvgIpc) is 2.86. The van der Waals surface area contributed by atoms with Crippen molar-refractivity contribution in [1.82, 2.24) is 9.88 Å². The van der Waals surface area contributed by atoms with Crippen molar-refractivity contribution in [1.29, 1.82) is 5.26 Å². The van der Waals surface area contributed by atoms with Crippen LogP contribution in [0.15, 0.2) is 35.4 Å². The highest BCUT2D eigenvalue weighted by Crippen LogP contribution is 2.36. The molecule has 0 radical (unpaired) electrons. The molecule has 0 unspecified atom stereocenters. The fourth-order valence-electron chi connectivity index (χ4n) is 2.76. The lowest BCUT2D eigenvalue weighted by Gasteiger charge is -2.15. The molecule has 1 aromatic heterocycles. The number of nitrogens with zero attached hydrogens (tertiary/aromatic N) is 3. The first kappa shape index (κ1) is 18.9. The average molecular weight is 391 g/mol. The molecule has 27 heavy (non-hydrogen) atoms. The number of benzene rings is 1. The minimum absolute atomic E-state index is 0.00114. The van der Waals surface area contributed by atoms with Crippen LogP contribution in [0.4, 0.5) is 13.2 Å². The number of halogens is 3. The Labute approximate surface area is 156 Å². The Morgan fingerprint density at radius 3 is 2.30 bits per heavy atom. The Morgan fingerprint density at radius 2 is 1.78 bits per heavy atom. The summed E-state index contributed by atoms with van der Waals surface area (Å²) in [4.78, 5) is 29.6. The smallest absolute Gasteiger partial charge is 0.273 e. The van der Waals surface area contributed by atoms with E-state index in [1.807, 2.05) is 0 Å². The number of hydrogen-bond acceptors (Lipinski definition) is 5. The van der Waals surface area contributed by atoms with Crippen LogP contribution in [0.1, 0.15) is 37.5 Å². The zero-order valence-electron chi connectivity index (χ0n) is 14.0. The second-order valence-electron chi connectivity index (χ2n) is 5.76. The van der Waals surface area contributed by atoms with E-state index in [1.165, 1.54) is 6.92 Å². The number of alkyl halides is 3. The molecule has 1 aliphatic heterocycles. The van der Waals surface area contributed by atoms with E-state index in [9.17, 15) is 22.8 Å². The van der Waals surface area contributed by atoms with Gasteiger partial charge in [-0.1, -0.05) is 12.1 Å². The summed E-state index contributed by atoms with van der Waals surface area (Å²) in [5.74, 6) is -0.761. The normalized spacial score (nSPS) is 13.7. The topological polar surface area (TPSA) is 74.1 Å². The lowest BCUT2D eigenvalue weighted by atomic mass is 10.1. The number of aryl methyl sites for hydroxylation is 1. The molecule has 2 amide bonds. The number of thioether (sulfide) groups is 1. The number of nitriles is 1. The highest BCUT2D eigenvalue weighted by molar-refractivity contribution is 7.99. The summed E-state index contributed by atoms with van der Waals surface area (Å²) >= 11 is 0.906. The van der Waals surface area contributed by atoms with Gasteiger partial charge in [0.2, 0.25) is 0 Å². The van der Waals surface area contributed by atoms with Gasteiger partial charge in [-0.05, 0) is 25.1 Å². The second kappa shape index (κ2) is 7.04. The maximum Gasteiger partial charge on any atom is 0.417 e. The van der Waals surface area contributed by atoms with Gasteiger partial charge < -0.3 is 0 Å². The van der Waals surface area contributed by atoms with Crippen LogP contribution in [0.2, 0.25) is 0 Å². The molecule has 0 saturated carbocycles. The van der Waals surface area contributed by atoms with Crippen LogP contribution in [0, 0.1) is 18.3 Å². The molecule has 0 aliphatic carbocycles. The van der Waals surface area contributed by atoms with Gasteiger partial charge in [0.1, 0.15) is 11.1 Å². The third kappa shape index (κ3) is 3.53. The molecular weight excluding hydrogens is 379 g/mol. The molecule has 2 heterocycles. The Balaban J connectivity index is 1.77. The summed E-state index contributed by atoms with van der Waals surface area (Å²) in [7, 11) is 0. The highest BCUT2D eigenvalue weighted by Gasteiger charge is 2.36. The number of aromatic nitrogens is 1. The molecule has 0 spiro atoms. The zero-order chi connectivity index (χ0) is 19.8. The van der Waals surface area contributed by atoms with E-state index in [-0.39, 0.29) is 23.0 Å². The first-order chi connectivity index (χ1) is 12.7. The van der Waals surface area contributed by atoms with Crippen molar-refractivity contribution in [2.24, 2.45) is 0 Å². The lowest BCUT2D eigenvalue weighted by Crippen LogP contribution is -2.31. The Kier molecular flexibility index (Phi) is 4.93. The van der Waals surface area contributed by atoms with Crippen LogP contribution < -0.4 is 0 Å². The highest BCUT2D eigenvalue weighted by atomic mass is 32.2. The van der Waals surface area contributed by atoms with Gasteiger partial charge in [0.25, 0.3) is 11.8 Å². The predicted octanol–water partition coefficient (Wildman–Crippen LogP) is 3.67. The van der Waals surface area contributed by atoms with Gasteiger partial charge >= 0.3 is 6.18 Å². The molecule has 0 N–H and O–H groups in total. The van der Waals surface area contributed by atoms with Gasteiger partial charge in [0.15, 0.2) is 0 Å². The Bertz CT molecular complexity index is 948. The predicted molar refractivity (Wildman–Crippen MR) is 91.2 cm³/mol. The Morgan fingerprint density at radius 1 is 1.19 bits per heavy atom. The quantitative estimate of drug-likeness (QED) is 0.587. The van der Waals surface area contributed by atoms with E-state index in [0.29, 0.717) is 11.1 Å². The monoisotopic (exact) mass is 391 g/mol. The van der Waals surface area contributed by atoms with Crippen molar-refractivity contribution in [3.63, 3.8) is 0 Å². The SMILES string of the molecule is Cc1cc(C(F)(F)F)c(C#N)c(SCCN2C(=O)c3ccccc3C2=O)n1. The molecule has 9 heteroatoms. The lowest BCUT2D eigenvalue weighted by molar-refractivity contribution is -0.138. The summed E-state index contributed by atoms with van der Waals surface area (Å²) in [6.07, 6.45) is -4.67. The molecule has 2 aromatic rings. The van der Waals surface area contributed by atoms with Crippen LogP contribution in [0.25, 0.3) is 0 Å². The number of fused-ring (bicyclic) bond motifs is 1. The molecular formula is C18H12F3N3O2S. The van der Waals surface area contributed by atoms with Gasteiger partial charge in [-0.15, -0.1) is 11.8 Å². The zero-order valence-corrected chi connectivity index (χ0v) is 14.8. The molecule has 3 rings (SSSR count). The van der Waals surface area contributed by atoms with Crippen LogP contribution in [-0.2, 0) is 6.18 Å². The van der Waals surface area contributed by atoms with E-state index in [0.717, 1.165) is 22.7 Å². The molecule has 0 atom stereocenters. The fraction of sp³-hybridized carbons (Fsp3) is 0.222. The molecule has 1 aliphatic rings. The second-order valence-corrected chi connectivity index (χ2v) is 6.84. The molecule has 1 aromatic carbocycles. The van der Waals surface area contributed by atoms with Crippen LogP contribution >= 0.6 is 11.8 Å². The summed E-state index contributed by atoms with van der Waals surface area (Å²) in [6, 6.07) is 8.78. The first-order valence-electron chi connectivity index (χ1n) is 7.81. The summed E-state index contributed by atoms with van der Waals surface area (Å²) < 4.78 is 39.4. The third-order valence-corrected chi connectivity index (χ3v) is 4.92. The van der Waals surface area contributed by atoms with Gasteiger partial charge in [0.05, 0.1) is 22.3 Å². The van der Waals surface area contributed by atoms with Crippen molar-refractivity contribution in [2.75, 3.05) is 12.3 Å². The first-order valence-corrected chi connectivity index (χ1v) is 8.79. The Hall–Kier alpha value is -2.86. The van der Waals surface area contributed by atoms with Crippen LogP contribution in [0.3, 0.4) is 0 Å². The van der Waals surface area contributed by atoms with Gasteiger partial charge in [-0.25, -0.2) is 4.98 Å². The molecule has 0 saturated heterocycles. The number of carbonyl (C=O) groups excluding carboxylic acids is 2. The van der Waals surface area contributed by atoms with E-state index in [1.54, 1.807) is 30.3 Å². The van der Waals surface area contributed by atoms with Gasteiger partial charge in [-0.2, -0.15) is 18.4 Å². The van der Waals surface area contributed by atoms with Crippen molar-refractivity contribution < 1.29 is 22.8 Å². The van der Waals surface area contributed by atoms with Crippen molar-refractivity contribution in [2.45, 2.75) is 18.1 Å². The number of pyridine rings is 1.